The highest BCUT2D eigenvalue weighted by Crippen LogP contribution is 2.33. The van der Waals surface area contributed by atoms with Crippen molar-refractivity contribution in [3.05, 3.63) is 131 Å². The van der Waals surface area contributed by atoms with Crippen LogP contribution in [0.4, 0.5) is 5.69 Å². The standard InChI is InChI=1S/C45H64N2/c1-10-15-33-46(45-32-30-41(21-12-3)38(45)9)42-26-16-23-39(29-31-42)24-17-27-43(36(7)14-5)47(34-19-22-35(6)13-4)44-28-18-25-40(20-11-2)37(44)8/h11-12,16-23,25-31,35-36,42-43H,10,13-15,24,32-34H2,1-9H3/b20-11-,21-12-,22-19-,27-17-. The van der Waals surface area contributed by atoms with Crippen molar-refractivity contribution in [3.8, 4) is 0 Å². The van der Waals surface area contributed by atoms with E-state index < -0.39 is 0 Å². The van der Waals surface area contributed by atoms with Gasteiger partial charge in [0.1, 0.15) is 0 Å². The summed E-state index contributed by atoms with van der Waals surface area (Å²) in [6, 6.07) is 7.34. The van der Waals surface area contributed by atoms with E-state index >= 15 is 0 Å². The topological polar surface area (TPSA) is 6.48 Å². The molecule has 0 spiro atoms. The van der Waals surface area contributed by atoms with Crippen LogP contribution in [0.15, 0.2) is 120 Å². The highest BCUT2D eigenvalue weighted by atomic mass is 15.2. The smallest absolute Gasteiger partial charge is 0.0660 e. The van der Waals surface area contributed by atoms with E-state index in [0.29, 0.717) is 17.9 Å². The van der Waals surface area contributed by atoms with E-state index in [-0.39, 0.29) is 6.04 Å². The van der Waals surface area contributed by atoms with Crippen LogP contribution in [-0.2, 0) is 0 Å². The van der Waals surface area contributed by atoms with Gasteiger partial charge in [-0.3, -0.25) is 0 Å². The molecule has 3 rings (SSSR count). The molecular formula is C45H64N2. The Balaban J connectivity index is 1.86. The molecule has 254 valence electrons. The largest absolute Gasteiger partial charge is 0.364 e. The van der Waals surface area contributed by atoms with Gasteiger partial charge in [-0.2, -0.15) is 0 Å². The zero-order chi connectivity index (χ0) is 34.2. The summed E-state index contributed by atoms with van der Waals surface area (Å²) in [5, 5.41) is 0. The van der Waals surface area contributed by atoms with E-state index in [1.54, 1.807) is 0 Å². The summed E-state index contributed by atoms with van der Waals surface area (Å²) in [6.45, 7) is 22.4. The maximum absolute atomic E-state index is 2.64. The van der Waals surface area contributed by atoms with Crippen LogP contribution >= 0.6 is 0 Å². The molecule has 2 aliphatic rings. The summed E-state index contributed by atoms with van der Waals surface area (Å²) >= 11 is 0. The van der Waals surface area contributed by atoms with Crippen molar-refractivity contribution < 1.29 is 0 Å². The van der Waals surface area contributed by atoms with E-state index in [1.807, 2.05) is 0 Å². The molecule has 1 aromatic rings. The Bertz CT molecular complexity index is 1410. The Kier molecular flexibility index (Phi) is 16.1. The second-order valence-corrected chi connectivity index (χ2v) is 13.4. The van der Waals surface area contributed by atoms with Crippen LogP contribution in [0, 0.1) is 18.8 Å². The van der Waals surface area contributed by atoms with Gasteiger partial charge in [-0.1, -0.05) is 151 Å². The maximum Gasteiger partial charge on any atom is 0.0660 e. The first kappa shape index (κ1) is 37.9. The minimum Gasteiger partial charge on any atom is -0.364 e. The third-order valence-corrected chi connectivity index (χ3v) is 10.00. The average molecular weight is 633 g/mol. The molecule has 4 unspecified atom stereocenters. The van der Waals surface area contributed by atoms with Crippen molar-refractivity contribution in [2.24, 2.45) is 11.8 Å². The van der Waals surface area contributed by atoms with Crippen LogP contribution in [-0.4, -0.2) is 30.1 Å². The molecule has 1 aromatic carbocycles. The molecule has 47 heavy (non-hydrogen) atoms. The molecule has 0 aromatic heterocycles. The van der Waals surface area contributed by atoms with Gasteiger partial charge in [-0.15, -0.1) is 0 Å². The van der Waals surface area contributed by atoms with Crippen LogP contribution in [0.3, 0.4) is 0 Å². The predicted molar refractivity (Wildman–Crippen MR) is 211 cm³/mol. The van der Waals surface area contributed by atoms with E-state index in [4.69, 9.17) is 0 Å². The fraction of sp³-hybridized carbons (Fsp3) is 0.467. The summed E-state index contributed by atoms with van der Waals surface area (Å²) in [5.74, 6) is 1.11. The van der Waals surface area contributed by atoms with Crippen molar-refractivity contribution in [1.29, 1.82) is 0 Å². The molecule has 0 radical (unpaired) electrons. The Hall–Kier alpha value is -3.52. The number of nitrogens with zero attached hydrogens (tertiary/aromatic N) is 2. The summed E-state index contributed by atoms with van der Waals surface area (Å²) in [4.78, 5) is 5.28. The summed E-state index contributed by atoms with van der Waals surface area (Å²) < 4.78 is 0. The van der Waals surface area contributed by atoms with Crippen molar-refractivity contribution in [2.75, 3.05) is 18.0 Å². The molecule has 0 heterocycles. The molecule has 0 amide bonds. The highest BCUT2D eigenvalue weighted by molar-refractivity contribution is 5.66. The Morgan fingerprint density at radius 2 is 1.72 bits per heavy atom. The quantitative estimate of drug-likeness (QED) is 0.149. The van der Waals surface area contributed by atoms with Crippen LogP contribution < -0.4 is 4.90 Å². The van der Waals surface area contributed by atoms with Crippen molar-refractivity contribution in [2.45, 2.75) is 113 Å². The van der Waals surface area contributed by atoms with Crippen LogP contribution in [0.2, 0.25) is 0 Å². The number of rotatable bonds is 18. The number of anilines is 1. The minimum absolute atomic E-state index is 0.274. The lowest BCUT2D eigenvalue weighted by Crippen LogP contribution is -2.39. The second kappa shape index (κ2) is 20.0. The highest BCUT2D eigenvalue weighted by Gasteiger charge is 2.24. The van der Waals surface area contributed by atoms with Gasteiger partial charge in [-0.25, -0.2) is 0 Å². The van der Waals surface area contributed by atoms with Gasteiger partial charge in [0.25, 0.3) is 0 Å². The van der Waals surface area contributed by atoms with E-state index in [9.17, 15) is 0 Å². The molecule has 0 bridgehead atoms. The van der Waals surface area contributed by atoms with Crippen molar-refractivity contribution in [3.63, 3.8) is 0 Å². The number of allylic oxidation sites excluding steroid dienone is 12. The molecular weight excluding hydrogens is 569 g/mol. The van der Waals surface area contributed by atoms with Gasteiger partial charge in [0.15, 0.2) is 0 Å². The molecule has 0 aliphatic heterocycles. The zero-order valence-electron chi connectivity index (χ0n) is 31.2. The second-order valence-electron chi connectivity index (χ2n) is 13.4. The SMILES string of the molecule is C/C=C\C1=CCC(N(CCCC)C2C=CC=C(C/C=C\C(C(C)CC)N(C/C=C\C(C)CC)c3cccc(/C=C\C)c3C)C=C2)=C1C. The Morgan fingerprint density at radius 3 is 2.43 bits per heavy atom. The van der Waals surface area contributed by atoms with E-state index in [2.05, 4.69) is 175 Å². The molecule has 2 heteroatoms. The first-order valence-corrected chi connectivity index (χ1v) is 18.5. The normalized spacial score (nSPS) is 18.9. The third-order valence-electron chi connectivity index (χ3n) is 10.00. The zero-order valence-corrected chi connectivity index (χ0v) is 31.2. The van der Waals surface area contributed by atoms with Crippen LogP contribution in [0.5, 0.6) is 0 Å². The third kappa shape index (κ3) is 10.7. The fourth-order valence-electron chi connectivity index (χ4n) is 6.58. The van der Waals surface area contributed by atoms with Crippen LogP contribution in [0.1, 0.15) is 105 Å². The molecule has 2 nitrogen and oxygen atoms in total. The van der Waals surface area contributed by atoms with Gasteiger partial charge in [0.05, 0.1) is 12.1 Å². The van der Waals surface area contributed by atoms with Crippen molar-refractivity contribution in [1.82, 2.24) is 4.90 Å². The monoisotopic (exact) mass is 633 g/mol. The first-order valence-electron chi connectivity index (χ1n) is 18.5. The lowest BCUT2D eigenvalue weighted by molar-refractivity contribution is 0.316. The summed E-state index contributed by atoms with van der Waals surface area (Å²) in [6.07, 6.45) is 39.3. The molecule has 0 N–H and O–H groups in total. The fourth-order valence-corrected chi connectivity index (χ4v) is 6.58. The van der Waals surface area contributed by atoms with Gasteiger partial charge >= 0.3 is 0 Å². The maximum atomic E-state index is 2.64. The molecule has 0 saturated heterocycles. The van der Waals surface area contributed by atoms with Gasteiger partial charge in [-0.05, 0) is 86.3 Å². The molecule has 4 atom stereocenters. The molecule has 0 saturated carbocycles. The van der Waals surface area contributed by atoms with Gasteiger partial charge in [0.2, 0.25) is 0 Å². The first-order chi connectivity index (χ1) is 22.8. The summed E-state index contributed by atoms with van der Waals surface area (Å²) in [5.41, 5.74) is 9.61. The Morgan fingerprint density at radius 1 is 0.936 bits per heavy atom. The predicted octanol–water partition coefficient (Wildman–Crippen LogP) is 12.5. The van der Waals surface area contributed by atoms with Gasteiger partial charge < -0.3 is 9.80 Å². The Labute approximate surface area is 289 Å². The minimum atomic E-state index is 0.274. The van der Waals surface area contributed by atoms with Crippen LogP contribution in [0.25, 0.3) is 6.08 Å². The van der Waals surface area contributed by atoms with E-state index in [1.165, 1.54) is 58.5 Å². The van der Waals surface area contributed by atoms with Crippen molar-refractivity contribution >= 4 is 11.8 Å². The summed E-state index contributed by atoms with van der Waals surface area (Å²) in [7, 11) is 0. The lowest BCUT2D eigenvalue weighted by atomic mass is 9.94. The molecule has 2 aliphatic carbocycles. The number of unbranched alkanes of at least 4 members (excludes halogenated alkanes) is 1. The number of hydrogen-bond acceptors (Lipinski definition) is 2. The average Bonchev–Trinajstić information content (AvgIpc) is 3.27. The molecule has 0 fully saturated rings. The number of hydrogen-bond donors (Lipinski definition) is 0. The van der Waals surface area contributed by atoms with E-state index in [0.717, 1.165) is 32.4 Å². The lowest BCUT2D eigenvalue weighted by Gasteiger charge is -2.36. The van der Waals surface area contributed by atoms with Gasteiger partial charge in [0, 0.05) is 30.9 Å². The number of benzene rings is 1.